The Hall–Kier alpha value is -1.69. The van der Waals surface area contributed by atoms with Gasteiger partial charge in [-0.3, -0.25) is 0 Å². The van der Waals surface area contributed by atoms with Gasteiger partial charge in [0.05, 0.1) is 10.7 Å². The van der Waals surface area contributed by atoms with Crippen molar-refractivity contribution in [1.82, 2.24) is 0 Å². The number of hydrogen-bond acceptors (Lipinski definition) is 3. The molecular weight excluding hydrogens is 329 g/mol. The first-order chi connectivity index (χ1) is 9.99. The van der Waals surface area contributed by atoms with Crippen molar-refractivity contribution in [2.24, 2.45) is 5.18 Å². The van der Waals surface area contributed by atoms with Gasteiger partial charge in [-0.1, -0.05) is 29.3 Å². The first kappa shape index (κ1) is 15.7. The average Bonchev–Trinajstić information content (AvgIpc) is 2.45. The molecule has 2 aromatic rings. The number of aryl methyl sites for hydroxylation is 1. The fraction of sp³-hybridized carbons (Fsp3) is 0.0714. The summed E-state index contributed by atoms with van der Waals surface area (Å²) in [6.45, 7) is 1.94. The Balaban J connectivity index is 2.11. The summed E-state index contributed by atoms with van der Waals surface area (Å²) in [5, 5.41) is 10.2. The molecule has 4 nitrogen and oxygen atoms in total. The normalized spacial score (nSPS) is 10.0. The van der Waals surface area contributed by atoms with E-state index in [1.54, 1.807) is 24.3 Å². The molecular formula is C14H11Cl2N3OS. The zero-order valence-corrected chi connectivity index (χ0v) is 13.3. The monoisotopic (exact) mass is 339 g/mol. The van der Waals surface area contributed by atoms with Gasteiger partial charge in [-0.2, -0.15) is 0 Å². The number of hydrogen-bond donors (Lipinski definition) is 2. The van der Waals surface area contributed by atoms with Crippen LogP contribution in [-0.2, 0) is 0 Å². The first-order valence-corrected chi connectivity index (χ1v) is 7.13. The molecule has 0 spiro atoms. The summed E-state index contributed by atoms with van der Waals surface area (Å²) in [5.74, 6) is 0. The van der Waals surface area contributed by atoms with Crippen LogP contribution in [0.1, 0.15) is 5.56 Å². The Morgan fingerprint density at radius 3 is 2.48 bits per heavy atom. The van der Waals surface area contributed by atoms with Crippen LogP contribution in [-0.4, -0.2) is 5.11 Å². The molecule has 0 atom stereocenters. The zero-order valence-electron chi connectivity index (χ0n) is 11.0. The van der Waals surface area contributed by atoms with Gasteiger partial charge in [0.15, 0.2) is 5.11 Å². The molecule has 0 heterocycles. The van der Waals surface area contributed by atoms with Gasteiger partial charge in [0, 0.05) is 10.7 Å². The van der Waals surface area contributed by atoms with Crippen LogP contribution in [0.2, 0.25) is 10.0 Å². The maximum Gasteiger partial charge on any atom is 0.175 e. The second-order valence-corrected chi connectivity index (χ2v) is 5.55. The van der Waals surface area contributed by atoms with Crippen molar-refractivity contribution in [3.8, 4) is 0 Å². The Labute approximate surface area is 137 Å². The molecule has 2 rings (SSSR count). The summed E-state index contributed by atoms with van der Waals surface area (Å²) >= 11 is 17.2. The summed E-state index contributed by atoms with van der Waals surface area (Å²) in [7, 11) is 0. The highest BCUT2D eigenvalue weighted by Gasteiger charge is 2.06. The number of nitrogens with zero attached hydrogens (tertiary/aromatic N) is 1. The van der Waals surface area contributed by atoms with Crippen molar-refractivity contribution in [2.45, 2.75) is 6.92 Å². The Kier molecular flexibility index (Phi) is 5.12. The molecule has 0 aliphatic carbocycles. The second-order valence-electron chi connectivity index (χ2n) is 4.29. The van der Waals surface area contributed by atoms with E-state index < -0.39 is 0 Å². The fourth-order valence-corrected chi connectivity index (χ4v) is 2.28. The highest BCUT2D eigenvalue weighted by molar-refractivity contribution is 7.80. The summed E-state index contributed by atoms with van der Waals surface area (Å²) in [4.78, 5) is 10.4. The minimum Gasteiger partial charge on any atom is -0.332 e. The van der Waals surface area contributed by atoms with E-state index in [2.05, 4.69) is 15.8 Å². The summed E-state index contributed by atoms with van der Waals surface area (Å²) in [6, 6.07) is 10.1. The number of rotatable bonds is 3. The molecule has 2 aromatic carbocycles. The molecule has 2 N–H and O–H groups in total. The smallest absolute Gasteiger partial charge is 0.175 e. The Morgan fingerprint density at radius 1 is 1.10 bits per heavy atom. The lowest BCUT2D eigenvalue weighted by atomic mass is 10.2. The van der Waals surface area contributed by atoms with E-state index in [1.165, 1.54) is 6.07 Å². The molecule has 108 valence electrons. The summed E-state index contributed by atoms with van der Waals surface area (Å²) in [5.41, 5.74) is 2.66. The molecule has 0 unspecified atom stereocenters. The van der Waals surface area contributed by atoms with Crippen LogP contribution in [0.25, 0.3) is 0 Å². The second kappa shape index (κ2) is 6.85. The minimum atomic E-state index is 0.259. The molecule has 0 bridgehead atoms. The molecule has 0 aromatic heterocycles. The van der Waals surface area contributed by atoms with Crippen LogP contribution >= 0.6 is 35.4 Å². The van der Waals surface area contributed by atoms with E-state index in [4.69, 9.17) is 35.4 Å². The fourth-order valence-electron chi connectivity index (χ4n) is 1.67. The molecule has 0 aliphatic heterocycles. The minimum absolute atomic E-state index is 0.259. The van der Waals surface area contributed by atoms with Gasteiger partial charge in [0.1, 0.15) is 5.69 Å². The predicted molar refractivity (Wildman–Crippen MR) is 92.9 cm³/mol. The highest BCUT2D eigenvalue weighted by Crippen LogP contribution is 2.27. The van der Waals surface area contributed by atoms with Crippen molar-refractivity contribution in [3.63, 3.8) is 0 Å². The lowest BCUT2D eigenvalue weighted by molar-refractivity contribution is 1.45. The number of nitroso groups, excluding NO2 is 1. The number of benzene rings is 2. The Morgan fingerprint density at radius 2 is 1.81 bits per heavy atom. The van der Waals surface area contributed by atoms with Crippen LogP contribution in [0.5, 0.6) is 0 Å². The van der Waals surface area contributed by atoms with Gasteiger partial charge in [0.2, 0.25) is 0 Å². The Bertz CT molecular complexity index is 707. The van der Waals surface area contributed by atoms with Crippen molar-refractivity contribution in [3.05, 3.63) is 56.9 Å². The van der Waals surface area contributed by atoms with Crippen LogP contribution in [0, 0.1) is 11.8 Å². The number of halogens is 2. The van der Waals surface area contributed by atoms with Crippen molar-refractivity contribution in [2.75, 3.05) is 10.6 Å². The average molecular weight is 340 g/mol. The molecule has 0 saturated heterocycles. The van der Waals surface area contributed by atoms with Crippen LogP contribution in [0.3, 0.4) is 0 Å². The maximum atomic E-state index is 10.4. The van der Waals surface area contributed by atoms with Gasteiger partial charge in [-0.05, 0) is 60.2 Å². The predicted octanol–water partition coefficient (Wildman–Crippen LogP) is 5.51. The number of thiocarbonyl (C=S) groups is 1. The summed E-state index contributed by atoms with van der Waals surface area (Å²) < 4.78 is 0. The van der Waals surface area contributed by atoms with Crippen LogP contribution in [0.4, 0.5) is 17.1 Å². The van der Waals surface area contributed by atoms with E-state index in [9.17, 15) is 4.91 Å². The van der Waals surface area contributed by atoms with E-state index in [0.717, 1.165) is 11.3 Å². The van der Waals surface area contributed by atoms with Gasteiger partial charge in [-0.15, -0.1) is 4.91 Å². The molecule has 0 saturated carbocycles. The maximum absolute atomic E-state index is 10.4. The topological polar surface area (TPSA) is 53.5 Å². The quantitative estimate of drug-likeness (QED) is 0.571. The van der Waals surface area contributed by atoms with Crippen molar-refractivity contribution in [1.29, 1.82) is 0 Å². The van der Waals surface area contributed by atoms with Crippen LogP contribution in [0.15, 0.2) is 41.6 Å². The van der Waals surface area contributed by atoms with Crippen molar-refractivity contribution >= 4 is 57.6 Å². The zero-order chi connectivity index (χ0) is 15.4. The molecule has 21 heavy (non-hydrogen) atoms. The number of anilines is 2. The third-order valence-corrected chi connectivity index (χ3v) is 3.51. The molecule has 0 amide bonds. The lowest BCUT2D eigenvalue weighted by Gasteiger charge is -2.13. The molecule has 0 radical (unpaired) electrons. The molecule has 7 heteroatoms. The van der Waals surface area contributed by atoms with Gasteiger partial charge >= 0.3 is 0 Å². The van der Waals surface area contributed by atoms with Gasteiger partial charge in [0.25, 0.3) is 0 Å². The van der Waals surface area contributed by atoms with Crippen LogP contribution < -0.4 is 10.6 Å². The van der Waals surface area contributed by atoms with E-state index in [0.29, 0.717) is 20.8 Å². The standard InChI is InChI=1S/C14H11Cl2N3OS/c1-8-2-3-9(15)6-13(8)18-14(21)17-12-5-4-10(19-20)7-11(12)16/h2-7H,1H3,(H2,17,18,21). The van der Waals surface area contributed by atoms with E-state index in [1.807, 2.05) is 13.0 Å². The van der Waals surface area contributed by atoms with E-state index in [-0.39, 0.29) is 5.69 Å². The lowest BCUT2D eigenvalue weighted by Crippen LogP contribution is -2.19. The molecule has 0 aliphatic rings. The van der Waals surface area contributed by atoms with Gasteiger partial charge in [-0.25, -0.2) is 0 Å². The SMILES string of the molecule is Cc1ccc(Cl)cc1NC(=S)Nc1ccc(N=O)cc1Cl. The van der Waals surface area contributed by atoms with Gasteiger partial charge < -0.3 is 10.6 Å². The first-order valence-electron chi connectivity index (χ1n) is 5.96. The third-order valence-electron chi connectivity index (χ3n) is 2.75. The van der Waals surface area contributed by atoms with Crippen molar-refractivity contribution < 1.29 is 0 Å². The highest BCUT2D eigenvalue weighted by atomic mass is 35.5. The molecule has 0 fully saturated rings. The third kappa shape index (κ3) is 4.14. The summed E-state index contributed by atoms with van der Waals surface area (Å²) in [6.07, 6.45) is 0. The largest absolute Gasteiger partial charge is 0.332 e. The number of nitrogens with one attached hydrogen (secondary N) is 2. The van der Waals surface area contributed by atoms with E-state index >= 15 is 0 Å².